The molecule has 62 heavy (non-hydrogen) atoms. The number of likely N-dealkylation sites (tertiary alicyclic amines) is 1. The smallest absolute Gasteiger partial charge is 0.270 e. The monoisotopic (exact) mass is 859 g/mol. The van der Waals surface area contributed by atoms with Gasteiger partial charge in [-0.05, 0) is 86.9 Å². The van der Waals surface area contributed by atoms with E-state index in [0.717, 1.165) is 79.8 Å². The number of pyridine rings is 1. The summed E-state index contributed by atoms with van der Waals surface area (Å²) >= 11 is 6.28. The lowest BCUT2D eigenvalue weighted by atomic mass is 9.94. The Kier molecular flexibility index (Phi) is 11.3. The molecule has 3 N–H and O–H groups in total. The van der Waals surface area contributed by atoms with Gasteiger partial charge < -0.3 is 25.3 Å². The zero-order valence-corrected chi connectivity index (χ0v) is 34.5. The highest BCUT2D eigenvalue weighted by atomic mass is 35.5. The third-order valence-electron chi connectivity index (χ3n) is 12.6. The van der Waals surface area contributed by atoms with E-state index in [4.69, 9.17) is 11.6 Å². The molecule has 0 aliphatic carbocycles. The van der Waals surface area contributed by atoms with Crippen molar-refractivity contribution in [3.8, 4) is 6.07 Å². The van der Waals surface area contributed by atoms with Crippen LogP contribution in [0.5, 0.6) is 0 Å². The van der Waals surface area contributed by atoms with Gasteiger partial charge in [-0.3, -0.25) is 34.2 Å². The summed E-state index contributed by atoms with van der Waals surface area (Å²) in [7, 11) is 0. The van der Waals surface area contributed by atoms with Gasteiger partial charge in [-0.2, -0.15) is 5.26 Å². The Morgan fingerprint density at radius 3 is 2.37 bits per heavy atom. The number of piperidine rings is 3. The Labute approximate surface area is 361 Å². The van der Waals surface area contributed by atoms with E-state index in [9.17, 15) is 29.2 Å². The summed E-state index contributed by atoms with van der Waals surface area (Å²) in [5.74, 6) is -2.28. The van der Waals surface area contributed by atoms with Crippen molar-refractivity contribution in [2.75, 3.05) is 54.4 Å². The molecule has 5 aliphatic rings. The van der Waals surface area contributed by atoms with Crippen molar-refractivity contribution in [3.63, 3.8) is 0 Å². The highest BCUT2D eigenvalue weighted by Crippen LogP contribution is 2.35. The molecule has 1 atom stereocenters. The molecule has 9 rings (SSSR count). The van der Waals surface area contributed by atoms with Crippen molar-refractivity contribution in [2.24, 2.45) is 5.92 Å². The molecule has 2 aromatic heterocycles. The van der Waals surface area contributed by atoms with Gasteiger partial charge in [-0.25, -0.2) is 19.3 Å². The first-order valence-electron chi connectivity index (χ1n) is 20.9. The third kappa shape index (κ3) is 8.15. The maximum Gasteiger partial charge on any atom is 0.270 e. The fraction of sp³-hybridized carbons (Fsp3) is 0.386. The van der Waals surface area contributed by atoms with Crippen LogP contribution in [0, 0.1) is 23.1 Å². The quantitative estimate of drug-likeness (QED) is 0.201. The summed E-state index contributed by atoms with van der Waals surface area (Å²) < 4.78 is 15.5. The van der Waals surface area contributed by atoms with Crippen molar-refractivity contribution in [2.45, 2.75) is 63.6 Å². The fourth-order valence-corrected chi connectivity index (χ4v) is 9.39. The fourth-order valence-electron chi connectivity index (χ4n) is 9.17. The number of anilines is 4. The first-order chi connectivity index (χ1) is 30.0. The van der Waals surface area contributed by atoms with Gasteiger partial charge in [0.05, 0.1) is 51.5 Å². The van der Waals surface area contributed by atoms with Gasteiger partial charge in [0, 0.05) is 63.0 Å². The Morgan fingerprint density at radius 2 is 1.66 bits per heavy atom. The van der Waals surface area contributed by atoms with Gasteiger partial charge in [0.1, 0.15) is 35.8 Å². The molecular weight excluding hydrogens is 817 g/mol. The number of carbonyl (C=O) groups is 5. The number of halogens is 2. The number of fused-ring (bicyclic) bond motifs is 2. The van der Waals surface area contributed by atoms with Crippen LogP contribution >= 0.6 is 11.6 Å². The molecule has 4 aromatic rings. The van der Waals surface area contributed by atoms with Gasteiger partial charge in [0.15, 0.2) is 0 Å². The average Bonchev–Trinajstić information content (AvgIpc) is 3.51. The number of benzene rings is 2. The number of carbonyl (C=O) groups excluding carboxylic acids is 5. The maximum atomic E-state index is 15.5. The molecule has 16 nitrogen and oxygen atoms in total. The average molecular weight is 860 g/mol. The standard InChI is InChI=1S/C44H43ClFN11O5/c45-33-17-29(3-1-26(33)20-47)56-16-11-30-36(23-56)49-24-50-40(30)51-28-2-4-35(48-21-28)41(59)52-27-9-12-54(13-10-27)22-25-7-14-55(15-8-25)38-19-32-31(18-34(38)46)43(61)57(44(32)62)37-5-6-39(58)53-42(37)60/h1-4,17-19,21,24-25,27,37H,5-16,22-23H2,(H,52,59)(H,49,50,51)(H,53,58,60). The Balaban J connectivity index is 0.725. The number of amides is 5. The van der Waals surface area contributed by atoms with Crippen LogP contribution in [0.1, 0.15) is 86.6 Å². The third-order valence-corrected chi connectivity index (χ3v) is 12.9. The van der Waals surface area contributed by atoms with Crippen LogP contribution in [0.25, 0.3) is 0 Å². The molecule has 3 fully saturated rings. The number of hydrogen-bond acceptors (Lipinski definition) is 13. The zero-order chi connectivity index (χ0) is 43.1. The first kappa shape index (κ1) is 40.9. The SMILES string of the molecule is N#Cc1ccc(N2CCc3c(ncnc3Nc3ccc(C(=O)NC4CCN(CC5CCN(c6cc7c(cc6F)C(=O)N(C6CCC(=O)NC6=O)C7=O)CC5)CC4)nc3)C2)cc1Cl. The lowest BCUT2D eigenvalue weighted by Gasteiger charge is -2.38. The van der Waals surface area contributed by atoms with Crippen LogP contribution in [0.2, 0.25) is 5.02 Å². The van der Waals surface area contributed by atoms with Crippen LogP contribution in [0.15, 0.2) is 55.0 Å². The van der Waals surface area contributed by atoms with Gasteiger partial charge >= 0.3 is 0 Å². The van der Waals surface area contributed by atoms with Gasteiger partial charge in [-0.1, -0.05) is 11.6 Å². The van der Waals surface area contributed by atoms with E-state index in [0.29, 0.717) is 59.8 Å². The lowest BCUT2D eigenvalue weighted by Crippen LogP contribution is -2.54. The van der Waals surface area contributed by atoms with E-state index < -0.39 is 35.5 Å². The minimum atomic E-state index is -1.11. The topological polar surface area (TPSA) is 197 Å². The van der Waals surface area contributed by atoms with E-state index in [1.807, 2.05) is 17.0 Å². The molecule has 3 saturated heterocycles. The summed E-state index contributed by atoms with van der Waals surface area (Å²) in [6.45, 7) is 5.03. The predicted octanol–water partition coefficient (Wildman–Crippen LogP) is 4.35. The van der Waals surface area contributed by atoms with Gasteiger partial charge in [0.25, 0.3) is 17.7 Å². The van der Waals surface area contributed by atoms with Crippen LogP contribution in [0.4, 0.5) is 27.3 Å². The van der Waals surface area contributed by atoms with E-state index in [2.05, 4.69) is 46.8 Å². The summed E-state index contributed by atoms with van der Waals surface area (Å²) in [6.07, 6.45) is 7.16. The summed E-state index contributed by atoms with van der Waals surface area (Å²) in [6, 6.07) is 12.5. The lowest BCUT2D eigenvalue weighted by molar-refractivity contribution is -0.136. The number of nitrogens with one attached hydrogen (secondary N) is 3. The Hall–Kier alpha value is -6.51. The summed E-state index contributed by atoms with van der Waals surface area (Å²) in [5, 5.41) is 18.3. The van der Waals surface area contributed by atoms with Crippen molar-refractivity contribution < 1.29 is 28.4 Å². The molecular formula is C44H43ClFN11O5. The second-order valence-corrected chi connectivity index (χ2v) is 16.8. The normalized spacial score (nSPS) is 19.8. The molecule has 0 bridgehead atoms. The highest BCUT2D eigenvalue weighted by Gasteiger charge is 2.45. The van der Waals surface area contributed by atoms with Crippen LogP contribution in [-0.4, -0.2) is 106 Å². The van der Waals surface area contributed by atoms with Crippen molar-refractivity contribution >= 4 is 64.0 Å². The van der Waals surface area contributed by atoms with E-state index in [1.165, 1.54) is 12.4 Å². The van der Waals surface area contributed by atoms with Gasteiger partial charge in [0.2, 0.25) is 11.8 Å². The molecule has 2 aromatic carbocycles. The van der Waals surface area contributed by atoms with Crippen LogP contribution in [0.3, 0.4) is 0 Å². The molecule has 5 amide bonds. The van der Waals surface area contributed by atoms with Gasteiger partial charge in [-0.15, -0.1) is 0 Å². The van der Waals surface area contributed by atoms with Crippen LogP contribution < -0.4 is 25.8 Å². The molecule has 5 aliphatic heterocycles. The van der Waals surface area contributed by atoms with E-state index in [-0.39, 0.29) is 41.6 Å². The minimum Gasteiger partial charge on any atom is -0.369 e. The molecule has 0 saturated carbocycles. The molecule has 7 heterocycles. The number of hydrogen-bond donors (Lipinski definition) is 3. The summed E-state index contributed by atoms with van der Waals surface area (Å²) in [4.78, 5) is 84.5. The second-order valence-electron chi connectivity index (χ2n) is 16.4. The highest BCUT2D eigenvalue weighted by molar-refractivity contribution is 6.32. The van der Waals surface area contributed by atoms with Crippen molar-refractivity contribution in [1.82, 2.24) is 35.4 Å². The Morgan fingerprint density at radius 1 is 0.887 bits per heavy atom. The predicted molar refractivity (Wildman–Crippen MR) is 225 cm³/mol. The number of aromatic nitrogens is 3. The van der Waals surface area contributed by atoms with Crippen LogP contribution in [-0.2, 0) is 22.6 Å². The van der Waals surface area contributed by atoms with E-state index in [1.54, 1.807) is 24.4 Å². The molecule has 0 radical (unpaired) electrons. The molecule has 318 valence electrons. The summed E-state index contributed by atoms with van der Waals surface area (Å²) in [5.41, 5.74) is 4.54. The largest absolute Gasteiger partial charge is 0.369 e. The second kappa shape index (κ2) is 17.1. The number of rotatable bonds is 9. The van der Waals surface area contributed by atoms with E-state index >= 15 is 4.39 Å². The Bertz CT molecular complexity index is 2520. The number of imide groups is 2. The zero-order valence-electron chi connectivity index (χ0n) is 33.7. The molecule has 18 heteroatoms. The molecule has 0 spiro atoms. The number of nitriles is 1. The number of nitrogens with zero attached hydrogens (tertiary/aromatic N) is 8. The maximum absolute atomic E-state index is 15.5. The first-order valence-corrected chi connectivity index (χ1v) is 21.2. The van der Waals surface area contributed by atoms with Crippen molar-refractivity contribution in [1.29, 1.82) is 5.26 Å². The minimum absolute atomic E-state index is 0.0105. The van der Waals surface area contributed by atoms with Crippen molar-refractivity contribution in [3.05, 3.63) is 99.5 Å². The molecule has 1 unspecified atom stereocenters.